The van der Waals surface area contributed by atoms with Crippen molar-refractivity contribution >= 4 is 33.4 Å². The highest BCUT2D eigenvalue weighted by atomic mass is 79.9. The number of hydrogen-bond acceptors (Lipinski definition) is 3. The largest absolute Gasteiger partial charge is 0.340 e. The standard InChI is InChI=1S/C17H20BrClN4O2/c1-17(2)10-23(8-13(17)11-5-20-21(3)6-11)15(24)9-22-7-12(18)4-14(19)16(22)25/h4-7,13H,8-10H2,1-3H3. The molecular weight excluding hydrogens is 408 g/mol. The maximum Gasteiger partial charge on any atom is 0.269 e. The van der Waals surface area contributed by atoms with Gasteiger partial charge in [0.25, 0.3) is 5.56 Å². The molecule has 0 N–H and O–H groups in total. The van der Waals surface area contributed by atoms with Crippen molar-refractivity contribution in [2.75, 3.05) is 13.1 Å². The molecular formula is C17H20BrClN4O2. The highest BCUT2D eigenvalue weighted by molar-refractivity contribution is 9.10. The molecule has 25 heavy (non-hydrogen) atoms. The van der Waals surface area contributed by atoms with Crippen LogP contribution in [0.1, 0.15) is 25.3 Å². The molecule has 0 aliphatic carbocycles. The van der Waals surface area contributed by atoms with Crippen LogP contribution in [0.5, 0.6) is 0 Å². The molecule has 1 saturated heterocycles. The average Bonchev–Trinajstić information content (AvgIpc) is 3.06. The van der Waals surface area contributed by atoms with Crippen LogP contribution in [-0.4, -0.2) is 38.2 Å². The van der Waals surface area contributed by atoms with E-state index in [1.165, 1.54) is 10.6 Å². The van der Waals surface area contributed by atoms with Crippen LogP contribution in [0.3, 0.4) is 0 Å². The predicted octanol–water partition coefficient (Wildman–Crippen LogP) is 2.65. The Bertz CT molecular complexity index is 874. The molecule has 1 aliphatic rings. The van der Waals surface area contributed by atoms with Gasteiger partial charge in [-0.05, 0) is 33.0 Å². The third kappa shape index (κ3) is 3.67. The minimum atomic E-state index is -0.361. The van der Waals surface area contributed by atoms with Gasteiger partial charge in [-0.3, -0.25) is 14.3 Å². The van der Waals surface area contributed by atoms with Gasteiger partial charge in [0.2, 0.25) is 5.91 Å². The van der Waals surface area contributed by atoms with Crippen molar-refractivity contribution in [2.24, 2.45) is 12.5 Å². The molecule has 0 aromatic carbocycles. The lowest BCUT2D eigenvalue weighted by Gasteiger charge is -2.24. The normalized spacial score (nSPS) is 19.4. The van der Waals surface area contributed by atoms with Crippen LogP contribution < -0.4 is 5.56 Å². The highest BCUT2D eigenvalue weighted by Crippen LogP contribution is 2.42. The summed E-state index contributed by atoms with van der Waals surface area (Å²) in [4.78, 5) is 26.7. The Morgan fingerprint density at radius 1 is 1.44 bits per heavy atom. The first-order chi connectivity index (χ1) is 11.7. The van der Waals surface area contributed by atoms with Crippen molar-refractivity contribution in [3.63, 3.8) is 0 Å². The van der Waals surface area contributed by atoms with E-state index in [9.17, 15) is 9.59 Å². The van der Waals surface area contributed by atoms with Crippen LogP contribution in [0.25, 0.3) is 0 Å². The molecule has 6 nitrogen and oxygen atoms in total. The minimum Gasteiger partial charge on any atom is -0.340 e. The Morgan fingerprint density at radius 3 is 2.80 bits per heavy atom. The topological polar surface area (TPSA) is 60.1 Å². The second-order valence-electron chi connectivity index (χ2n) is 7.20. The Kier molecular flexibility index (Phi) is 4.81. The molecule has 1 unspecified atom stereocenters. The predicted molar refractivity (Wildman–Crippen MR) is 99.7 cm³/mol. The van der Waals surface area contributed by atoms with Crippen molar-refractivity contribution in [1.29, 1.82) is 0 Å². The summed E-state index contributed by atoms with van der Waals surface area (Å²) in [6.45, 7) is 5.55. The quantitative estimate of drug-likeness (QED) is 0.756. The lowest BCUT2D eigenvalue weighted by molar-refractivity contribution is -0.131. The first-order valence-corrected chi connectivity index (χ1v) is 9.16. The van der Waals surface area contributed by atoms with Gasteiger partial charge in [-0.2, -0.15) is 5.10 Å². The van der Waals surface area contributed by atoms with Crippen molar-refractivity contribution in [1.82, 2.24) is 19.2 Å². The molecule has 8 heteroatoms. The second kappa shape index (κ2) is 6.61. The average molecular weight is 428 g/mol. The van der Waals surface area contributed by atoms with Crippen LogP contribution in [0.2, 0.25) is 5.02 Å². The molecule has 1 aliphatic heterocycles. The van der Waals surface area contributed by atoms with Gasteiger partial charge in [-0.1, -0.05) is 25.4 Å². The van der Waals surface area contributed by atoms with E-state index in [4.69, 9.17) is 11.6 Å². The zero-order chi connectivity index (χ0) is 18.4. The van der Waals surface area contributed by atoms with E-state index in [1.807, 2.05) is 24.3 Å². The van der Waals surface area contributed by atoms with Crippen LogP contribution in [0, 0.1) is 5.41 Å². The summed E-state index contributed by atoms with van der Waals surface area (Å²) in [6.07, 6.45) is 5.45. The van der Waals surface area contributed by atoms with E-state index in [1.54, 1.807) is 10.9 Å². The number of nitrogens with zero attached hydrogens (tertiary/aromatic N) is 4. The van der Waals surface area contributed by atoms with Gasteiger partial charge < -0.3 is 9.47 Å². The Labute approximate surface area is 159 Å². The SMILES string of the molecule is Cn1cc(C2CN(C(=O)Cn3cc(Br)cc(Cl)c3=O)CC2(C)C)cn1. The van der Waals surface area contributed by atoms with E-state index in [-0.39, 0.29) is 34.4 Å². The third-order valence-corrected chi connectivity index (χ3v) is 5.44. The molecule has 1 fully saturated rings. The molecule has 2 aromatic rings. The Balaban J connectivity index is 1.79. The molecule has 0 bridgehead atoms. The summed E-state index contributed by atoms with van der Waals surface area (Å²) < 4.78 is 3.79. The van der Waals surface area contributed by atoms with E-state index < -0.39 is 0 Å². The molecule has 3 rings (SSSR count). The number of halogens is 2. The summed E-state index contributed by atoms with van der Waals surface area (Å²) in [6, 6.07) is 1.53. The number of pyridine rings is 1. The third-order valence-electron chi connectivity index (χ3n) is 4.74. The summed E-state index contributed by atoms with van der Waals surface area (Å²) >= 11 is 9.22. The zero-order valence-electron chi connectivity index (χ0n) is 14.4. The fraction of sp³-hybridized carbons (Fsp3) is 0.471. The van der Waals surface area contributed by atoms with Crippen molar-refractivity contribution in [3.8, 4) is 0 Å². The van der Waals surface area contributed by atoms with E-state index >= 15 is 0 Å². The molecule has 2 aromatic heterocycles. The lowest BCUT2D eigenvalue weighted by Crippen LogP contribution is -2.35. The van der Waals surface area contributed by atoms with Gasteiger partial charge in [0.15, 0.2) is 0 Å². The first kappa shape index (κ1) is 18.2. The van der Waals surface area contributed by atoms with Crippen LogP contribution >= 0.6 is 27.5 Å². The van der Waals surface area contributed by atoms with Gasteiger partial charge in [0.1, 0.15) is 11.6 Å². The Hall–Kier alpha value is -1.60. The highest BCUT2D eigenvalue weighted by Gasteiger charge is 2.42. The van der Waals surface area contributed by atoms with Crippen LogP contribution in [-0.2, 0) is 18.4 Å². The summed E-state index contributed by atoms with van der Waals surface area (Å²) in [5.74, 6) is 0.128. The smallest absolute Gasteiger partial charge is 0.269 e. The fourth-order valence-electron chi connectivity index (χ4n) is 3.43. The second-order valence-corrected chi connectivity index (χ2v) is 8.52. The van der Waals surface area contributed by atoms with Gasteiger partial charge in [-0.15, -0.1) is 0 Å². The number of aryl methyl sites for hydroxylation is 1. The van der Waals surface area contributed by atoms with E-state index in [2.05, 4.69) is 34.9 Å². The van der Waals surface area contributed by atoms with E-state index in [0.717, 1.165) is 5.56 Å². The minimum absolute atomic E-state index is 0.0200. The summed E-state index contributed by atoms with van der Waals surface area (Å²) in [5, 5.41) is 4.34. The maximum absolute atomic E-state index is 12.7. The Morgan fingerprint density at radius 2 is 2.16 bits per heavy atom. The van der Waals surface area contributed by atoms with Gasteiger partial charge in [0, 0.05) is 42.9 Å². The molecule has 1 atom stereocenters. The summed E-state index contributed by atoms with van der Waals surface area (Å²) in [7, 11) is 1.89. The van der Waals surface area contributed by atoms with Gasteiger partial charge in [0.05, 0.1) is 6.20 Å². The van der Waals surface area contributed by atoms with Gasteiger partial charge in [-0.25, -0.2) is 0 Å². The summed E-state index contributed by atoms with van der Waals surface area (Å²) in [5.41, 5.74) is 0.712. The number of likely N-dealkylation sites (tertiary alicyclic amines) is 1. The number of hydrogen-bond donors (Lipinski definition) is 0. The molecule has 1 amide bonds. The molecule has 134 valence electrons. The zero-order valence-corrected chi connectivity index (χ0v) is 16.7. The van der Waals surface area contributed by atoms with Crippen LogP contribution in [0.15, 0.2) is 33.9 Å². The number of aromatic nitrogens is 3. The molecule has 0 radical (unpaired) electrons. The van der Waals surface area contributed by atoms with E-state index in [0.29, 0.717) is 17.6 Å². The molecule has 3 heterocycles. The van der Waals surface area contributed by atoms with Crippen molar-refractivity contribution < 1.29 is 4.79 Å². The number of carbonyl (C=O) groups excluding carboxylic acids is 1. The molecule has 0 spiro atoms. The monoisotopic (exact) mass is 426 g/mol. The van der Waals surface area contributed by atoms with Crippen molar-refractivity contribution in [3.05, 3.63) is 50.1 Å². The lowest BCUT2D eigenvalue weighted by atomic mass is 9.79. The number of rotatable bonds is 3. The van der Waals surface area contributed by atoms with Crippen molar-refractivity contribution in [2.45, 2.75) is 26.3 Å². The fourth-order valence-corrected chi connectivity index (χ4v) is 4.26. The number of carbonyl (C=O) groups is 1. The maximum atomic E-state index is 12.7. The van der Waals surface area contributed by atoms with Gasteiger partial charge >= 0.3 is 0 Å². The first-order valence-electron chi connectivity index (χ1n) is 7.99. The molecule has 0 saturated carbocycles. The number of amides is 1. The van der Waals surface area contributed by atoms with Crippen LogP contribution in [0.4, 0.5) is 0 Å².